The van der Waals surface area contributed by atoms with Crippen LogP contribution in [0, 0.1) is 10.1 Å². The highest BCUT2D eigenvalue weighted by Gasteiger charge is 2.48. The Hall–Kier alpha value is -4.40. The standard InChI is InChI=1S/C20H13ClF3NO11/c21-12-5-9(20(22,23)24)1-4-14(12)35-10-2-3-13(25(33)34)11(6-10)17(30)36-19(18(31)32,7-15(26)27)8-16(28)29/h1-6H,7-8H2,(H,26,27)(H,28,29)(H,31,32). The maximum Gasteiger partial charge on any atom is 0.416 e. The highest BCUT2D eigenvalue weighted by atomic mass is 35.5. The van der Waals surface area contributed by atoms with Crippen LogP contribution >= 0.6 is 11.6 Å². The number of halogens is 4. The molecule has 12 nitrogen and oxygen atoms in total. The Bertz CT molecular complexity index is 1230. The van der Waals surface area contributed by atoms with Crippen molar-refractivity contribution in [2.45, 2.75) is 24.6 Å². The number of nitro benzene ring substituents is 1. The number of benzene rings is 2. The number of nitrogens with zero attached hydrogens (tertiary/aromatic N) is 1. The lowest BCUT2D eigenvalue weighted by atomic mass is 9.95. The molecule has 0 aliphatic rings. The maximum absolute atomic E-state index is 12.8. The van der Waals surface area contributed by atoms with Crippen LogP contribution in [0.5, 0.6) is 11.5 Å². The monoisotopic (exact) mass is 535 g/mol. The molecule has 2 rings (SSSR count). The number of carbonyl (C=O) groups excluding carboxylic acids is 1. The summed E-state index contributed by atoms with van der Waals surface area (Å²) in [6.45, 7) is 0. The second kappa shape index (κ2) is 10.5. The van der Waals surface area contributed by atoms with E-state index in [-0.39, 0.29) is 5.75 Å². The van der Waals surface area contributed by atoms with Gasteiger partial charge in [-0.25, -0.2) is 9.59 Å². The van der Waals surface area contributed by atoms with Gasteiger partial charge in [-0.3, -0.25) is 19.7 Å². The third-order valence-electron chi connectivity index (χ3n) is 4.42. The number of esters is 1. The SMILES string of the molecule is O=C(O)CC(CC(=O)O)(OC(=O)c1cc(Oc2ccc(C(F)(F)F)cc2Cl)ccc1[N+](=O)[O-])C(=O)O. The number of carboxylic acid groups (broad SMARTS) is 3. The van der Waals surface area contributed by atoms with Gasteiger partial charge < -0.3 is 24.8 Å². The summed E-state index contributed by atoms with van der Waals surface area (Å²) < 4.78 is 48.4. The zero-order valence-corrected chi connectivity index (χ0v) is 18.2. The van der Waals surface area contributed by atoms with Crippen LogP contribution in [0.4, 0.5) is 18.9 Å². The van der Waals surface area contributed by atoms with Crippen molar-refractivity contribution in [2.75, 3.05) is 0 Å². The van der Waals surface area contributed by atoms with Gasteiger partial charge in [0.05, 0.1) is 28.4 Å². The maximum atomic E-state index is 12.8. The molecule has 3 N–H and O–H groups in total. The zero-order chi connectivity index (χ0) is 27.4. The van der Waals surface area contributed by atoms with Gasteiger partial charge in [0.1, 0.15) is 17.1 Å². The number of carbonyl (C=O) groups is 4. The zero-order valence-electron chi connectivity index (χ0n) is 17.4. The van der Waals surface area contributed by atoms with Crippen molar-refractivity contribution in [3.05, 3.63) is 62.7 Å². The van der Waals surface area contributed by atoms with Crippen molar-refractivity contribution < 1.29 is 62.1 Å². The molecule has 0 aliphatic carbocycles. The van der Waals surface area contributed by atoms with E-state index in [0.717, 1.165) is 12.1 Å². The summed E-state index contributed by atoms with van der Waals surface area (Å²) in [4.78, 5) is 56.9. The van der Waals surface area contributed by atoms with E-state index in [4.69, 9.17) is 26.6 Å². The van der Waals surface area contributed by atoms with Gasteiger partial charge in [0.15, 0.2) is 0 Å². The molecule has 0 unspecified atom stereocenters. The fraction of sp³-hybridized carbons (Fsp3) is 0.200. The Morgan fingerprint density at radius 3 is 2.00 bits per heavy atom. The Morgan fingerprint density at radius 2 is 1.56 bits per heavy atom. The molecule has 2 aromatic carbocycles. The average Bonchev–Trinajstić information content (AvgIpc) is 2.73. The van der Waals surface area contributed by atoms with Crippen molar-refractivity contribution in [3.63, 3.8) is 0 Å². The first-order chi connectivity index (χ1) is 16.6. The van der Waals surface area contributed by atoms with E-state index in [1.54, 1.807) is 0 Å². The molecular weight excluding hydrogens is 523 g/mol. The number of carboxylic acids is 3. The van der Waals surface area contributed by atoms with E-state index in [1.807, 2.05) is 0 Å². The lowest BCUT2D eigenvalue weighted by Gasteiger charge is -2.26. The van der Waals surface area contributed by atoms with Crippen LogP contribution in [0.1, 0.15) is 28.8 Å². The molecule has 0 heterocycles. The van der Waals surface area contributed by atoms with E-state index < -0.39 is 81.0 Å². The number of hydrogen-bond donors (Lipinski definition) is 3. The van der Waals surface area contributed by atoms with Gasteiger partial charge in [-0.1, -0.05) is 11.6 Å². The van der Waals surface area contributed by atoms with E-state index in [0.29, 0.717) is 24.3 Å². The third kappa shape index (κ3) is 6.59. The van der Waals surface area contributed by atoms with Gasteiger partial charge in [-0.15, -0.1) is 0 Å². The van der Waals surface area contributed by atoms with Gasteiger partial charge in [0, 0.05) is 12.1 Å². The molecule has 0 atom stereocenters. The van der Waals surface area contributed by atoms with Crippen molar-refractivity contribution >= 4 is 41.2 Å². The largest absolute Gasteiger partial charge is 0.481 e. The Kier molecular flexibility index (Phi) is 8.10. The summed E-state index contributed by atoms with van der Waals surface area (Å²) in [5.41, 5.74) is -6.16. The molecule has 0 saturated heterocycles. The highest BCUT2D eigenvalue weighted by Crippen LogP contribution is 2.37. The summed E-state index contributed by atoms with van der Waals surface area (Å²) >= 11 is 5.79. The van der Waals surface area contributed by atoms with E-state index in [9.17, 15) is 47.6 Å². The molecule has 0 aromatic heterocycles. The van der Waals surface area contributed by atoms with Crippen molar-refractivity contribution in [1.82, 2.24) is 0 Å². The Labute approximate surface area is 202 Å². The molecule has 0 spiro atoms. The molecule has 0 aliphatic heterocycles. The molecule has 0 saturated carbocycles. The lowest BCUT2D eigenvalue weighted by Crippen LogP contribution is -2.47. The predicted octanol–water partition coefficient (Wildman–Crippen LogP) is 3.99. The first kappa shape index (κ1) is 27.8. The molecule has 2 aromatic rings. The smallest absolute Gasteiger partial charge is 0.416 e. The molecular formula is C20H13ClF3NO11. The molecule has 0 radical (unpaired) electrons. The molecule has 36 heavy (non-hydrogen) atoms. The predicted molar refractivity (Wildman–Crippen MR) is 110 cm³/mol. The number of nitro groups is 1. The highest BCUT2D eigenvalue weighted by molar-refractivity contribution is 6.32. The minimum Gasteiger partial charge on any atom is -0.481 e. The molecule has 0 fully saturated rings. The van der Waals surface area contributed by atoms with Crippen LogP contribution in [0.2, 0.25) is 5.02 Å². The number of aliphatic carboxylic acids is 3. The average molecular weight is 536 g/mol. The quantitative estimate of drug-likeness (QED) is 0.226. The van der Waals surface area contributed by atoms with Gasteiger partial charge in [-0.2, -0.15) is 13.2 Å². The summed E-state index contributed by atoms with van der Waals surface area (Å²) in [6, 6.07) is 4.29. The molecule has 16 heteroatoms. The van der Waals surface area contributed by atoms with Gasteiger partial charge in [0.2, 0.25) is 5.60 Å². The minimum atomic E-state index is -4.71. The number of ether oxygens (including phenoxy) is 2. The van der Waals surface area contributed by atoms with Gasteiger partial charge >= 0.3 is 30.1 Å². The topological polar surface area (TPSA) is 191 Å². The summed E-state index contributed by atoms with van der Waals surface area (Å²) in [7, 11) is 0. The second-order valence-corrected chi connectivity index (χ2v) is 7.42. The van der Waals surface area contributed by atoms with Crippen LogP contribution in [0.25, 0.3) is 0 Å². The summed E-state index contributed by atoms with van der Waals surface area (Å²) in [5.74, 6) is -8.38. The summed E-state index contributed by atoms with van der Waals surface area (Å²) in [5, 5.41) is 38.2. The Balaban J connectivity index is 2.50. The second-order valence-electron chi connectivity index (χ2n) is 7.01. The van der Waals surface area contributed by atoms with Crippen LogP contribution in [0.3, 0.4) is 0 Å². The van der Waals surface area contributed by atoms with Crippen molar-refractivity contribution in [3.8, 4) is 11.5 Å². The van der Waals surface area contributed by atoms with Gasteiger partial charge in [0.25, 0.3) is 5.69 Å². The van der Waals surface area contributed by atoms with Crippen LogP contribution in [-0.4, -0.2) is 49.7 Å². The van der Waals surface area contributed by atoms with Crippen LogP contribution < -0.4 is 4.74 Å². The Morgan fingerprint density at radius 1 is 0.972 bits per heavy atom. The number of hydrogen-bond acceptors (Lipinski definition) is 8. The van der Waals surface area contributed by atoms with E-state index in [2.05, 4.69) is 4.74 Å². The van der Waals surface area contributed by atoms with Gasteiger partial charge in [-0.05, 0) is 24.3 Å². The number of rotatable bonds is 10. The van der Waals surface area contributed by atoms with Crippen molar-refractivity contribution in [1.29, 1.82) is 0 Å². The molecule has 192 valence electrons. The van der Waals surface area contributed by atoms with Crippen molar-refractivity contribution in [2.24, 2.45) is 0 Å². The fourth-order valence-corrected chi connectivity index (χ4v) is 3.06. The van der Waals surface area contributed by atoms with E-state index >= 15 is 0 Å². The molecule has 0 amide bonds. The van der Waals surface area contributed by atoms with Crippen LogP contribution in [-0.2, 0) is 25.3 Å². The first-order valence-corrected chi connectivity index (χ1v) is 9.67. The lowest BCUT2D eigenvalue weighted by molar-refractivity contribution is -0.385. The number of alkyl halides is 3. The van der Waals surface area contributed by atoms with Crippen LogP contribution in [0.15, 0.2) is 36.4 Å². The minimum absolute atomic E-state index is 0.352. The summed E-state index contributed by atoms with van der Waals surface area (Å²) in [6.07, 6.45) is -7.70. The third-order valence-corrected chi connectivity index (χ3v) is 4.72. The first-order valence-electron chi connectivity index (χ1n) is 9.29. The van der Waals surface area contributed by atoms with E-state index in [1.165, 1.54) is 0 Å². The molecule has 0 bridgehead atoms. The normalized spacial score (nSPS) is 11.4. The fourth-order valence-electron chi connectivity index (χ4n) is 2.84.